The number of hydrogen-bond acceptors (Lipinski definition) is 5. The van der Waals surface area contributed by atoms with Crippen LogP contribution in [0.15, 0.2) is 47.0 Å². The van der Waals surface area contributed by atoms with E-state index in [1.165, 1.54) is 6.20 Å². The summed E-state index contributed by atoms with van der Waals surface area (Å²) >= 11 is 0. The molecule has 0 spiro atoms. The van der Waals surface area contributed by atoms with Crippen LogP contribution in [-0.4, -0.2) is 15.9 Å². The lowest BCUT2D eigenvalue weighted by atomic mass is 10.2. The fourth-order valence-electron chi connectivity index (χ4n) is 1.86. The van der Waals surface area contributed by atoms with Gasteiger partial charge in [-0.15, -0.1) is 0 Å². The summed E-state index contributed by atoms with van der Waals surface area (Å²) in [6.07, 6.45) is 1.50. The number of fused-ring (bicyclic) bond motifs is 1. The molecule has 0 N–H and O–H groups in total. The maximum absolute atomic E-state index is 11.9. The Morgan fingerprint density at radius 2 is 2.10 bits per heavy atom. The van der Waals surface area contributed by atoms with Gasteiger partial charge >= 0.3 is 5.97 Å². The molecule has 100 valence electrons. The van der Waals surface area contributed by atoms with E-state index in [9.17, 15) is 4.79 Å². The Bertz CT molecular complexity index is 750. The molecule has 20 heavy (non-hydrogen) atoms. The molecule has 3 rings (SSSR count). The smallest absolute Gasteiger partial charge is 0.357 e. The van der Waals surface area contributed by atoms with E-state index < -0.39 is 5.97 Å². The zero-order valence-electron chi connectivity index (χ0n) is 10.9. The van der Waals surface area contributed by atoms with Gasteiger partial charge in [0.15, 0.2) is 17.2 Å². The second-order valence-corrected chi connectivity index (χ2v) is 4.33. The van der Waals surface area contributed by atoms with Gasteiger partial charge in [0.25, 0.3) is 0 Å². The van der Waals surface area contributed by atoms with Crippen LogP contribution in [0.1, 0.15) is 21.9 Å². The predicted molar refractivity (Wildman–Crippen MR) is 72.1 cm³/mol. The number of carbonyl (C=O) groups excluding carboxylic acids is 1. The molecule has 0 fully saturated rings. The molecule has 5 heteroatoms. The summed E-state index contributed by atoms with van der Waals surface area (Å²) in [5.41, 5.74) is 2.30. The van der Waals surface area contributed by atoms with Gasteiger partial charge in [-0.1, -0.05) is 30.3 Å². The van der Waals surface area contributed by atoms with Crippen LogP contribution in [0, 0.1) is 6.92 Å². The maximum atomic E-state index is 11.9. The topological polar surface area (TPSA) is 65.2 Å². The van der Waals surface area contributed by atoms with E-state index in [-0.39, 0.29) is 12.3 Å². The van der Waals surface area contributed by atoms with Crippen LogP contribution in [-0.2, 0) is 11.3 Å². The summed E-state index contributed by atoms with van der Waals surface area (Å²) in [4.78, 5) is 20.1. The average molecular weight is 268 g/mol. The number of aromatic nitrogens is 2. The molecule has 2 aromatic heterocycles. The number of ether oxygens (including phenoxy) is 1. The highest BCUT2D eigenvalue weighted by Gasteiger charge is 2.12. The molecule has 0 saturated carbocycles. The minimum Gasteiger partial charge on any atom is -0.456 e. The summed E-state index contributed by atoms with van der Waals surface area (Å²) in [6.45, 7) is 1.96. The third-order valence-corrected chi connectivity index (χ3v) is 2.80. The van der Waals surface area contributed by atoms with Crippen LogP contribution in [0.25, 0.3) is 11.1 Å². The second-order valence-electron chi connectivity index (χ2n) is 4.33. The van der Waals surface area contributed by atoms with E-state index in [2.05, 4.69) is 9.97 Å². The van der Waals surface area contributed by atoms with Crippen molar-refractivity contribution in [2.24, 2.45) is 0 Å². The molecule has 0 radical (unpaired) electrons. The first kappa shape index (κ1) is 12.3. The Morgan fingerprint density at radius 1 is 1.30 bits per heavy atom. The molecule has 0 aliphatic carbocycles. The molecule has 0 bridgehead atoms. The minimum atomic E-state index is -0.482. The van der Waals surface area contributed by atoms with Crippen LogP contribution < -0.4 is 0 Å². The van der Waals surface area contributed by atoms with Crippen molar-refractivity contribution >= 4 is 17.1 Å². The summed E-state index contributed by atoms with van der Waals surface area (Å²) in [6, 6.07) is 11.0. The van der Waals surface area contributed by atoms with Crippen molar-refractivity contribution in [3.8, 4) is 0 Å². The molecule has 3 aromatic rings. The zero-order valence-corrected chi connectivity index (χ0v) is 10.9. The standard InChI is InChI=1S/C15H12N2O3/c1-10-17-13-8-16-12(7-14(13)20-10)15(18)19-9-11-5-3-2-4-6-11/h2-8H,9H2,1H3. The van der Waals surface area contributed by atoms with Crippen molar-refractivity contribution in [3.63, 3.8) is 0 Å². The molecule has 0 atom stereocenters. The van der Waals surface area contributed by atoms with Gasteiger partial charge < -0.3 is 9.15 Å². The lowest BCUT2D eigenvalue weighted by molar-refractivity contribution is 0.0466. The zero-order chi connectivity index (χ0) is 13.9. The molecule has 0 saturated heterocycles. The summed E-state index contributed by atoms with van der Waals surface area (Å²) in [7, 11) is 0. The highest BCUT2D eigenvalue weighted by molar-refractivity contribution is 5.90. The summed E-state index contributed by atoms with van der Waals surface area (Å²) in [5.74, 6) is 0.0569. The van der Waals surface area contributed by atoms with E-state index in [0.29, 0.717) is 17.0 Å². The Balaban J connectivity index is 1.75. The van der Waals surface area contributed by atoms with Gasteiger partial charge in [0.1, 0.15) is 12.1 Å². The van der Waals surface area contributed by atoms with Crippen LogP contribution in [0.4, 0.5) is 0 Å². The number of pyridine rings is 1. The quantitative estimate of drug-likeness (QED) is 0.683. The monoisotopic (exact) mass is 268 g/mol. The van der Waals surface area contributed by atoms with E-state index in [4.69, 9.17) is 9.15 Å². The van der Waals surface area contributed by atoms with Gasteiger partial charge in [-0.3, -0.25) is 0 Å². The lowest BCUT2D eigenvalue weighted by Crippen LogP contribution is -2.07. The van der Waals surface area contributed by atoms with Gasteiger partial charge in [-0.25, -0.2) is 14.8 Å². The molecular weight excluding hydrogens is 256 g/mol. The Hall–Kier alpha value is -2.69. The maximum Gasteiger partial charge on any atom is 0.357 e. The third kappa shape index (κ3) is 2.51. The van der Waals surface area contributed by atoms with Crippen molar-refractivity contribution in [1.82, 2.24) is 9.97 Å². The molecular formula is C15H12N2O3. The van der Waals surface area contributed by atoms with Gasteiger partial charge in [0.05, 0.1) is 6.20 Å². The SMILES string of the molecule is Cc1nc2cnc(C(=O)OCc3ccccc3)cc2o1. The van der Waals surface area contributed by atoms with Crippen molar-refractivity contribution < 1.29 is 13.9 Å². The van der Waals surface area contributed by atoms with Crippen LogP contribution in [0.2, 0.25) is 0 Å². The molecule has 5 nitrogen and oxygen atoms in total. The molecule has 0 amide bonds. The fourth-order valence-corrected chi connectivity index (χ4v) is 1.86. The van der Waals surface area contributed by atoms with Crippen LogP contribution >= 0.6 is 0 Å². The lowest BCUT2D eigenvalue weighted by Gasteiger charge is -2.03. The summed E-state index contributed by atoms with van der Waals surface area (Å²) in [5, 5.41) is 0. The number of carbonyl (C=O) groups is 1. The number of hydrogen-bond donors (Lipinski definition) is 0. The number of oxazole rings is 1. The Morgan fingerprint density at radius 3 is 2.90 bits per heavy atom. The number of nitrogens with zero attached hydrogens (tertiary/aromatic N) is 2. The highest BCUT2D eigenvalue weighted by atomic mass is 16.5. The van der Waals surface area contributed by atoms with Gasteiger partial charge in [0, 0.05) is 13.0 Å². The first-order chi connectivity index (χ1) is 9.72. The van der Waals surface area contributed by atoms with Crippen molar-refractivity contribution in [2.45, 2.75) is 13.5 Å². The Kier molecular flexibility index (Phi) is 3.16. The van der Waals surface area contributed by atoms with Crippen molar-refractivity contribution in [3.05, 3.63) is 59.7 Å². The van der Waals surface area contributed by atoms with Crippen LogP contribution in [0.5, 0.6) is 0 Å². The fraction of sp³-hybridized carbons (Fsp3) is 0.133. The van der Waals surface area contributed by atoms with Crippen molar-refractivity contribution in [1.29, 1.82) is 0 Å². The number of aryl methyl sites for hydroxylation is 1. The number of esters is 1. The highest BCUT2D eigenvalue weighted by Crippen LogP contribution is 2.15. The first-order valence-electron chi connectivity index (χ1n) is 6.16. The minimum absolute atomic E-state index is 0.213. The molecule has 2 heterocycles. The molecule has 0 aliphatic rings. The first-order valence-corrected chi connectivity index (χ1v) is 6.16. The average Bonchev–Trinajstić information content (AvgIpc) is 2.85. The Labute approximate surface area is 115 Å². The van der Waals surface area contributed by atoms with Gasteiger partial charge in [-0.2, -0.15) is 0 Å². The molecule has 0 unspecified atom stereocenters. The predicted octanol–water partition coefficient (Wildman–Crippen LogP) is 2.89. The third-order valence-electron chi connectivity index (χ3n) is 2.80. The van der Waals surface area contributed by atoms with E-state index in [0.717, 1.165) is 5.56 Å². The van der Waals surface area contributed by atoms with E-state index in [1.54, 1.807) is 13.0 Å². The second kappa shape index (κ2) is 5.13. The van der Waals surface area contributed by atoms with E-state index >= 15 is 0 Å². The molecule has 1 aromatic carbocycles. The largest absolute Gasteiger partial charge is 0.456 e. The number of benzene rings is 1. The van der Waals surface area contributed by atoms with Gasteiger partial charge in [0.2, 0.25) is 0 Å². The number of rotatable bonds is 3. The van der Waals surface area contributed by atoms with E-state index in [1.807, 2.05) is 30.3 Å². The molecule has 0 aliphatic heterocycles. The normalized spacial score (nSPS) is 10.7. The van der Waals surface area contributed by atoms with Gasteiger partial charge in [-0.05, 0) is 5.56 Å². The van der Waals surface area contributed by atoms with Crippen molar-refractivity contribution in [2.75, 3.05) is 0 Å². The summed E-state index contributed by atoms with van der Waals surface area (Å²) < 4.78 is 10.6. The van der Waals surface area contributed by atoms with Crippen LogP contribution in [0.3, 0.4) is 0 Å².